The van der Waals surface area contributed by atoms with Gasteiger partial charge in [0.1, 0.15) is 5.75 Å². The molecule has 236 valence electrons. The second-order valence-electron chi connectivity index (χ2n) is 11.7. The number of nitrogens with zero attached hydrogens (tertiary/aromatic N) is 2. The van der Waals surface area contributed by atoms with Gasteiger partial charge in [0.2, 0.25) is 5.91 Å². The number of fused-ring (bicyclic) bond motifs is 3. The van der Waals surface area contributed by atoms with E-state index >= 15 is 0 Å². The number of likely N-dealkylation sites (N-methyl/N-ethyl adjacent to an activating group) is 1. The van der Waals surface area contributed by atoms with E-state index in [1.54, 1.807) is 14.1 Å². The van der Waals surface area contributed by atoms with E-state index in [0.717, 1.165) is 0 Å². The molecule has 3 aliphatic carbocycles. The largest absolute Gasteiger partial charge is 0.507 e. The smallest absolute Gasteiger partial charge is 0.454 e. The van der Waals surface area contributed by atoms with Crippen molar-refractivity contribution >= 4 is 34.7 Å². The molecule has 3 aliphatic rings. The van der Waals surface area contributed by atoms with E-state index in [9.17, 15) is 56.1 Å². The molecule has 0 spiro atoms. The lowest BCUT2D eigenvalue weighted by Crippen LogP contribution is -2.74. The van der Waals surface area contributed by atoms with Crippen LogP contribution in [0.4, 0.5) is 27.6 Å². The lowest BCUT2D eigenvalue weighted by Gasteiger charge is -2.52. The number of halogens is 5. The maximum Gasteiger partial charge on any atom is 0.454 e. The summed E-state index contributed by atoms with van der Waals surface area (Å²) >= 11 is 0. The minimum absolute atomic E-state index is 0.0488. The van der Waals surface area contributed by atoms with E-state index in [-0.39, 0.29) is 24.0 Å². The lowest BCUT2D eigenvalue weighted by atomic mass is 9.52. The van der Waals surface area contributed by atoms with Gasteiger partial charge < -0.3 is 26.2 Å². The van der Waals surface area contributed by atoms with E-state index in [1.165, 1.54) is 30.0 Å². The van der Waals surface area contributed by atoms with Crippen LogP contribution in [-0.4, -0.2) is 103 Å². The molecule has 4 rings (SSSR count). The SMILES string of the molecule is CN(C)c1cc(CNCC(F)(F)C(F)(F)F)c(O)c2c1C[C@H]1C[C@H]3[C@H](N(C)C)C(=O)C(C(N)=O)C(=O)[C@@]3(O)C(=O)C1C2=O. The van der Waals surface area contributed by atoms with Crippen LogP contribution in [0, 0.1) is 23.7 Å². The Morgan fingerprint density at radius 3 is 2.21 bits per heavy atom. The summed E-state index contributed by atoms with van der Waals surface area (Å²) in [5, 5.41) is 24.6. The fourth-order valence-corrected chi connectivity index (χ4v) is 6.69. The van der Waals surface area contributed by atoms with Gasteiger partial charge in [0.25, 0.3) is 0 Å². The molecule has 0 radical (unpaired) electrons. The van der Waals surface area contributed by atoms with Crippen LogP contribution in [0.5, 0.6) is 5.75 Å². The van der Waals surface area contributed by atoms with Crippen molar-refractivity contribution < 1.29 is 56.1 Å². The third-order valence-corrected chi connectivity index (χ3v) is 8.68. The first-order valence-corrected chi connectivity index (χ1v) is 13.2. The van der Waals surface area contributed by atoms with Crippen molar-refractivity contribution in [1.82, 2.24) is 10.2 Å². The molecule has 1 aromatic carbocycles. The first-order chi connectivity index (χ1) is 19.7. The highest BCUT2D eigenvalue weighted by molar-refractivity contribution is 6.32. The molecule has 0 aromatic heterocycles. The highest BCUT2D eigenvalue weighted by atomic mass is 19.4. The zero-order valence-electron chi connectivity index (χ0n) is 23.6. The van der Waals surface area contributed by atoms with Crippen LogP contribution in [0.2, 0.25) is 0 Å². The van der Waals surface area contributed by atoms with Crippen molar-refractivity contribution in [3.8, 4) is 5.75 Å². The number of ketones is 4. The molecule has 2 unspecified atom stereocenters. The molecule has 2 fully saturated rings. The standard InChI is InChI=1S/C27H31F5N4O7/c1-35(2)14-7-11(8-34-9-25(28,29)27(30,31)32)19(37)16-12(14)5-10-6-13-18(36(3)4)21(39)17(24(33)42)23(41)26(13,43)22(40)15(10)20(16)38/h7,10,13,15,17-18,34,37,43H,5-6,8-9H2,1-4H3,(H2,33,42)/t10-,13-,15?,17?,18-,26-/m0/s1. The van der Waals surface area contributed by atoms with Gasteiger partial charge >= 0.3 is 12.1 Å². The van der Waals surface area contributed by atoms with Gasteiger partial charge in [-0.3, -0.25) is 28.9 Å². The second kappa shape index (κ2) is 10.6. The Labute approximate surface area is 242 Å². The number of primary amides is 1. The van der Waals surface area contributed by atoms with E-state index in [2.05, 4.69) is 0 Å². The predicted octanol–water partition coefficient (Wildman–Crippen LogP) is 0.220. The number of amides is 1. The number of phenolic OH excluding ortho intramolecular Hbond substituents is 1. The van der Waals surface area contributed by atoms with E-state index in [4.69, 9.17) is 5.73 Å². The van der Waals surface area contributed by atoms with Gasteiger partial charge in [0.05, 0.1) is 24.1 Å². The van der Waals surface area contributed by atoms with Crippen LogP contribution in [-0.2, 0) is 32.1 Å². The Balaban J connectivity index is 1.79. The minimum atomic E-state index is -5.82. The van der Waals surface area contributed by atoms with E-state index in [0.29, 0.717) is 5.69 Å². The monoisotopic (exact) mass is 618 g/mol. The summed E-state index contributed by atoms with van der Waals surface area (Å²) in [5.74, 6) is -17.8. The zero-order valence-corrected chi connectivity index (χ0v) is 23.6. The summed E-state index contributed by atoms with van der Waals surface area (Å²) in [6.07, 6.45) is -6.04. The van der Waals surface area contributed by atoms with Gasteiger partial charge in [0, 0.05) is 37.8 Å². The van der Waals surface area contributed by atoms with Crippen LogP contribution >= 0.6 is 0 Å². The summed E-state index contributed by atoms with van der Waals surface area (Å²) in [6.45, 7) is -2.52. The van der Waals surface area contributed by atoms with Gasteiger partial charge in [0.15, 0.2) is 34.7 Å². The number of Topliss-reactive ketones (excluding diaryl/α,β-unsaturated/α-hetero) is 4. The zero-order chi connectivity index (χ0) is 32.6. The fourth-order valence-electron chi connectivity index (χ4n) is 6.69. The van der Waals surface area contributed by atoms with Crippen LogP contribution in [0.1, 0.15) is 27.9 Å². The Kier molecular flexibility index (Phi) is 7.98. The molecule has 11 nitrogen and oxygen atoms in total. The second-order valence-corrected chi connectivity index (χ2v) is 11.7. The molecule has 2 saturated carbocycles. The van der Waals surface area contributed by atoms with Crippen molar-refractivity contribution in [3.05, 3.63) is 22.8 Å². The van der Waals surface area contributed by atoms with Crippen molar-refractivity contribution in [2.75, 3.05) is 39.6 Å². The number of aromatic hydroxyl groups is 1. The quantitative estimate of drug-likeness (QED) is 0.245. The average molecular weight is 619 g/mol. The molecule has 0 aliphatic heterocycles. The van der Waals surface area contributed by atoms with Crippen molar-refractivity contribution in [1.29, 1.82) is 0 Å². The number of nitrogens with one attached hydrogen (secondary N) is 1. The van der Waals surface area contributed by atoms with Gasteiger partial charge in [-0.1, -0.05) is 0 Å². The molecule has 1 aromatic rings. The number of hydrogen-bond acceptors (Lipinski definition) is 10. The third kappa shape index (κ3) is 4.88. The van der Waals surface area contributed by atoms with Crippen molar-refractivity contribution in [2.45, 2.75) is 43.1 Å². The Morgan fingerprint density at radius 1 is 1.09 bits per heavy atom. The number of carbonyl (C=O) groups is 5. The van der Waals surface area contributed by atoms with Gasteiger partial charge in [-0.05, 0) is 44.5 Å². The topological polar surface area (TPSA) is 170 Å². The average Bonchev–Trinajstić information content (AvgIpc) is 2.86. The minimum Gasteiger partial charge on any atom is -0.507 e. The number of anilines is 1. The molecular weight excluding hydrogens is 587 g/mol. The lowest BCUT2D eigenvalue weighted by molar-refractivity contribution is -0.279. The summed E-state index contributed by atoms with van der Waals surface area (Å²) in [7, 11) is 6.04. The Bertz CT molecular complexity index is 1410. The Morgan fingerprint density at radius 2 is 1.70 bits per heavy atom. The van der Waals surface area contributed by atoms with E-state index in [1.807, 2.05) is 5.32 Å². The fraction of sp³-hybridized carbons (Fsp3) is 0.593. The van der Waals surface area contributed by atoms with Gasteiger partial charge in [-0.25, -0.2) is 0 Å². The molecule has 43 heavy (non-hydrogen) atoms. The number of phenols is 1. The van der Waals surface area contributed by atoms with Crippen LogP contribution in [0.3, 0.4) is 0 Å². The normalized spacial score (nSPS) is 29.3. The van der Waals surface area contributed by atoms with E-state index < -0.39 is 101 Å². The highest BCUT2D eigenvalue weighted by Crippen LogP contribution is 2.52. The number of benzene rings is 1. The maximum absolute atomic E-state index is 13.9. The first kappa shape index (κ1) is 32.4. The van der Waals surface area contributed by atoms with Crippen LogP contribution < -0.4 is 16.0 Å². The molecule has 6 atom stereocenters. The number of nitrogens with two attached hydrogens (primary N) is 1. The summed E-state index contributed by atoms with van der Waals surface area (Å²) in [5.41, 5.74) is 2.30. The van der Waals surface area contributed by atoms with Crippen LogP contribution in [0.15, 0.2) is 6.07 Å². The molecule has 1 amide bonds. The molecule has 16 heteroatoms. The summed E-state index contributed by atoms with van der Waals surface area (Å²) < 4.78 is 64.7. The molecule has 0 bridgehead atoms. The van der Waals surface area contributed by atoms with Gasteiger partial charge in [-0.2, -0.15) is 22.0 Å². The van der Waals surface area contributed by atoms with Crippen LogP contribution in [0.25, 0.3) is 0 Å². The summed E-state index contributed by atoms with van der Waals surface area (Å²) in [6, 6.07) is 0.0430. The number of alkyl halides is 5. The van der Waals surface area contributed by atoms with Gasteiger partial charge in [-0.15, -0.1) is 0 Å². The Hall–Kier alpha value is -3.50. The number of hydrogen-bond donors (Lipinski definition) is 4. The molecule has 0 saturated heterocycles. The van der Waals surface area contributed by atoms with Crippen molar-refractivity contribution in [3.63, 3.8) is 0 Å². The third-order valence-electron chi connectivity index (χ3n) is 8.68. The molecule has 0 heterocycles. The first-order valence-electron chi connectivity index (χ1n) is 13.2. The number of carbonyl (C=O) groups excluding carboxylic acids is 5. The molecular formula is C27H31F5N4O7. The number of rotatable bonds is 7. The number of aliphatic hydroxyl groups is 1. The van der Waals surface area contributed by atoms with Crippen molar-refractivity contribution in [2.24, 2.45) is 29.4 Å². The highest BCUT2D eigenvalue weighted by Gasteiger charge is 2.69. The maximum atomic E-state index is 13.9. The molecule has 5 N–H and O–H groups in total. The summed E-state index contributed by atoms with van der Waals surface area (Å²) in [4.78, 5) is 69.3. The predicted molar refractivity (Wildman–Crippen MR) is 138 cm³/mol.